The quantitative estimate of drug-likeness (QED) is 0.821. The lowest BCUT2D eigenvalue weighted by atomic mass is 10.1. The van der Waals surface area contributed by atoms with Gasteiger partial charge in [0, 0.05) is 13.1 Å². The molecule has 0 spiro atoms. The summed E-state index contributed by atoms with van der Waals surface area (Å²) in [7, 11) is -2.28. The lowest BCUT2D eigenvalue weighted by Gasteiger charge is -2.29. The number of aliphatic hydroxyl groups is 1. The second-order valence-corrected chi connectivity index (χ2v) is 6.99. The molecule has 1 saturated heterocycles. The second kappa shape index (κ2) is 6.55. The molecule has 1 aliphatic heterocycles. The number of nitrogens with zero attached hydrogens (tertiary/aromatic N) is 1. The molecule has 0 amide bonds. The van der Waals surface area contributed by atoms with Gasteiger partial charge in [0.05, 0.1) is 24.5 Å². The Morgan fingerprint density at radius 1 is 1.38 bits per heavy atom. The zero-order valence-corrected chi connectivity index (χ0v) is 12.7. The third-order valence-electron chi connectivity index (χ3n) is 3.50. The van der Waals surface area contributed by atoms with E-state index in [9.17, 15) is 18.3 Å². The number of sulfonamides is 1. The molecule has 7 heteroatoms. The Bertz CT molecular complexity index is 596. The van der Waals surface area contributed by atoms with Crippen LogP contribution in [0.25, 0.3) is 0 Å². The fraction of sp³-hybridized carbons (Fsp3) is 0.500. The molecule has 0 bridgehead atoms. The largest absolute Gasteiger partial charge is 0.469 e. The van der Waals surface area contributed by atoms with Crippen LogP contribution in [0.1, 0.15) is 18.4 Å². The molecule has 0 unspecified atom stereocenters. The molecule has 1 fully saturated rings. The fourth-order valence-corrected chi connectivity index (χ4v) is 3.82. The Morgan fingerprint density at radius 3 is 2.62 bits per heavy atom. The number of aliphatic hydroxyl groups excluding tert-OH is 1. The van der Waals surface area contributed by atoms with Crippen molar-refractivity contribution in [3.63, 3.8) is 0 Å². The SMILES string of the molecule is COC(=O)Cc1ccc(S(=O)(=O)N2CCC[C@H](O)C2)cc1. The first kappa shape index (κ1) is 15.9. The summed E-state index contributed by atoms with van der Waals surface area (Å²) in [6.07, 6.45) is 0.789. The van der Waals surface area contributed by atoms with E-state index in [2.05, 4.69) is 4.74 Å². The van der Waals surface area contributed by atoms with Crippen molar-refractivity contribution in [1.82, 2.24) is 4.31 Å². The molecule has 1 aromatic rings. The van der Waals surface area contributed by atoms with Crippen molar-refractivity contribution in [2.45, 2.75) is 30.3 Å². The van der Waals surface area contributed by atoms with Gasteiger partial charge in [0.15, 0.2) is 0 Å². The van der Waals surface area contributed by atoms with Crippen LogP contribution < -0.4 is 0 Å². The Labute approximate surface area is 124 Å². The minimum atomic E-state index is -3.59. The molecule has 1 aliphatic rings. The minimum absolute atomic E-state index is 0.110. The van der Waals surface area contributed by atoms with E-state index in [1.54, 1.807) is 12.1 Å². The van der Waals surface area contributed by atoms with Gasteiger partial charge in [0.2, 0.25) is 10.0 Å². The third-order valence-corrected chi connectivity index (χ3v) is 5.38. The van der Waals surface area contributed by atoms with Crippen molar-refractivity contribution in [2.75, 3.05) is 20.2 Å². The number of hydrogen-bond acceptors (Lipinski definition) is 5. The van der Waals surface area contributed by atoms with Crippen LogP contribution in [0, 0.1) is 0 Å². The van der Waals surface area contributed by atoms with E-state index >= 15 is 0 Å². The standard InChI is InChI=1S/C14H19NO5S/c1-20-14(17)9-11-4-6-13(7-5-11)21(18,19)15-8-2-3-12(16)10-15/h4-7,12,16H,2-3,8-10H2,1H3/t12-/m0/s1. The third kappa shape index (κ3) is 3.81. The van der Waals surface area contributed by atoms with Crippen LogP contribution in [-0.2, 0) is 26.0 Å². The van der Waals surface area contributed by atoms with E-state index in [0.717, 1.165) is 0 Å². The van der Waals surface area contributed by atoms with Gasteiger partial charge in [0.1, 0.15) is 0 Å². The molecule has 1 heterocycles. The summed E-state index contributed by atoms with van der Waals surface area (Å²) in [5.74, 6) is -0.371. The van der Waals surface area contributed by atoms with E-state index in [0.29, 0.717) is 24.9 Å². The highest BCUT2D eigenvalue weighted by Gasteiger charge is 2.29. The van der Waals surface area contributed by atoms with E-state index < -0.39 is 16.1 Å². The van der Waals surface area contributed by atoms with Crippen molar-refractivity contribution in [1.29, 1.82) is 0 Å². The normalized spacial score (nSPS) is 20.2. The van der Waals surface area contributed by atoms with Gasteiger partial charge < -0.3 is 9.84 Å². The minimum Gasteiger partial charge on any atom is -0.469 e. The summed E-state index contributed by atoms with van der Waals surface area (Å²) < 4.78 is 30.8. The van der Waals surface area contributed by atoms with Gasteiger partial charge in [-0.2, -0.15) is 4.31 Å². The van der Waals surface area contributed by atoms with Crippen LogP contribution in [0.15, 0.2) is 29.2 Å². The van der Waals surface area contributed by atoms with Crippen molar-refractivity contribution in [3.05, 3.63) is 29.8 Å². The number of methoxy groups -OCH3 is 1. The van der Waals surface area contributed by atoms with E-state index in [4.69, 9.17) is 0 Å². The Morgan fingerprint density at radius 2 is 2.05 bits per heavy atom. The number of carbonyl (C=O) groups is 1. The number of piperidine rings is 1. The van der Waals surface area contributed by atoms with Crippen molar-refractivity contribution in [3.8, 4) is 0 Å². The van der Waals surface area contributed by atoms with Crippen LogP contribution in [0.4, 0.5) is 0 Å². The van der Waals surface area contributed by atoms with Gasteiger partial charge in [-0.25, -0.2) is 8.42 Å². The zero-order chi connectivity index (χ0) is 15.5. The first-order chi connectivity index (χ1) is 9.93. The predicted octanol–water partition coefficient (Wildman–Crippen LogP) is 0.547. The van der Waals surface area contributed by atoms with Gasteiger partial charge in [-0.3, -0.25) is 4.79 Å². The second-order valence-electron chi connectivity index (χ2n) is 5.06. The molecule has 1 N–H and O–H groups in total. The van der Waals surface area contributed by atoms with Crippen LogP contribution in [0.3, 0.4) is 0 Å². The monoisotopic (exact) mass is 313 g/mol. The molecule has 1 aromatic carbocycles. The molecule has 6 nitrogen and oxygen atoms in total. The van der Waals surface area contributed by atoms with Crippen LogP contribution in [-0.4, -0.2) is 50.1 Å². The molecule has 2 rings (SSSR count). The summed E-state index contributed by atoms with van der Waals surface area (Å²) in [5.41, 5.74) is 0.694. The Kier molecular flexibility index (Phi) is 4.97. The van der Waals surface area contributed by atoms with Gasteiger partial charge in [-0.1, -0.05) is 12.1 Å². The van der Waals surface area contributed by atoms with E-state index in [-0.39, 0.29) is 23.8 Å². The number of β-amino-alcohol motifs (C(OH)–C–C–N with tert-alkyl or cyclic N) is 1. The van der Waals surface area contributed by atoms with Gasteiger partial charge in [-0.15, -0.1) is 0 Å². The Hall–Kier alpha value is -1.44. The smallest absolute Gasteiger partial charge is 0.309 e. The van der Waals surface area contributed by atoms with Crippen molar-refractivity contribution < 1.29 is 23.1 Å². The highest BCUT2D eigenvalue weighted by atomic mass is 32.2. The number of rotatable bonds is 4. The average molecular weight is 313 g/mol. The topological polar surface area (TPSA) is 83.9 Å². The summed E-state index contributed by atoms with van der Waals surface area (Å²) in [4.78, 5) is 11.3. The Balaban J connectivity index is 2.15. The summed E-state index contributed by atoms with van der Waals surface area (Å²) in [5, 5.41) is 9.60. The number of esters is 1. The van der Waals surface area contributed by atoms with Crippen LogP contribution in [0.2, 0.25) is 0 Å². The highest BCUT2D eigenvalue weighted by Crippen LogP contribution is 2.21. The first-order valence-corrected chi connectivity index (χ1v) is 8.21. The van der Waals surface area contributed by atoms with E-state index in [1.807, 2.05) is 0 Å². The maximum Gasteiger partial charge on any atom is 0.309 e. The number of benzene rings is 1. The zero-order valence-electron chi connectivity index (χ0n) is 11.9. The number of ether oxygens (including phenoxy) is 1. The molecular formula is C14H19NO5S. The molecule has 0 saturated carbocycles. The van der Waals surface area contributed by atoms with Gasteiger partial charge in [-0.05, 0) is 30.5 Å². The van der Waals surface area contributed by atoms with E-state index in [1.165, 1.54) is 23.5 Å². The number of carbonyl (C=O) groups excluding carboxylic acids is 1. The lowest BCUT2D eigenvalue weighted by molar-refractivity contribution is -0.139. The summed E-state index contributed by atoms with van der Waals surface area (Å²) in [6, 6.07) is 6.16. The van der Waals surface area contributed by atoms with Crippen molar-refractivity contribution in [2.24, 2.45) is 0 Å². The predicted molar refractivity (Wildman–Crippen MR) is 76.2 cm³/mol. The first-order valence-electron chi connectivity index (χ1n) is 6.77. The average Bonchev–Trinajstić information content (AvgIpc) is 2.47. The summed E-state index contributed by atoms with van der Waals surface area (Å²) in [6.45, 7) is 0.551. The fourth-order valence-electron chi connectivity index (χ4n) is 2.31. The number of hydrogen-bond donors (Lipinski definition) is 1. The van der Waals surface area contributed by atoms with Crippen LogP contribution >= 0.6 is 0 Å². The molecule has 0 aliphatic carbocycles. The van der Waals surface area contributed by atoms with Gasteiger partial charge >= 0.3 is 5.97 Å². The van der Waals surface area contributed by atoms with Crippen molar-refractivity contribution >= 4 is 16.0 Å². The molecule has 0 aromatic heterocycles. The maximum absolute atomic E-state index is 12.4. The highest BCUT2D eigenvalue weighted by molar-refractivity contribution is 7.89. The molecular weight excluding hydrogens is 294 g/mol. The molecule has 21 heavy (non-hydrogen) atoms. The van der Waals surface area contributed by atoms with Crippen LogP contribution in [0.5, 0.6) is 0 Å². The molecule has 116 valence electrons. The summed E-state index contributed by atoms with van der Waals surface area (Å²) >= 11 is 0. The lowest BCUT2D eigenvalue weighted by Crippen LogP contribution is -2.42. The maximum atomic E-state index is 12.4. The van der Waals surface area contributed by atoms with Gasteiger partial charge in [0.25, 0.3) is 0 Å². The molecule has 0 radical (unpaired) electrons. The molecule has 1 atom stereocenters.